The number of esters is 1. The number of carbonyl (C=O) groups excluding carboxylic acids is 1. The molecule has 1 aliphatic carbocycles. The molecule has 1 aliphatic rings. The summed E-state index contributed by atoms with van der Waals surface area (Å²) in [6, 6.07) is 0. The van der Waals surface area contributed by atoms with Gasteiger partial charge in [0.15, 0.2) is 0 Å². The van der Waals surface area contributed by atoms with Crippen LogP contribution in [0.15, 0.2) is 0 Å². The first-order valence-electron chi connectivity index (χ1n) is 6.21. The van der Waals surface area contributed by atoms with Crippen molar-refractivity contribution in [1.82, 2.24) is 14.8 Å². The summed E-state index contributed by atoms with van der Waals surface area (Å²) in [6.07, 6.45) is 3.59. The zero-order valence-electron chi connectivity index (χ0n) is 10.6. The van der Waals surface area contributed by atoms with Crippen LogP contribution in [0.3, 0.4) is 0 Å². The highest BCUT2D eigenvalue weighted by Gasteiger charge is 2.30. The van der Waals surface area contributed by atoms with E-state index in [1.165, 1.54) is 12.8 Å². The number of rotatable bonds is 3. The summed E-state index contributed by atoms with van der Waals surface area (Å²) in [5.74, 6) is 1.71. The Morgan fingerprint density at radius 2 is 2.29 bits per heavy atom. The molecule has 5 heteroatoms. The normalized spacial score (nSPS) is 23.9. The van der Waals surface area contributed by atoms with Crippen LogP contribution in [0.25, 0.3) is 0 Å². The molecule has 94 valence electrons. The van der Waals surface area contributed by atoms with Gasteiger partial charge in [0.2, 0.25) is 0 Å². The van der Waals surface area contributed by atoms with Crippen molar-refractivity contribution in [3.8, 4) is 0 Å². The number of ether oxygens (including phenoxy) is 1. The second kappa shape index (κ2) is 4.85. The number of aromatic nitrogens is 3. The molecule has 0 spiro atoms. The van der Waals surface area contributed by atoms with Gasteiger partial charge in [-0.3, -0.25) is 4.68 Å². The lowest BCUT2D eigenvalue weighted by Gasteiger charge is -2.13. The van der Waals surface area contributed by atoms with Crippen LogP contribution >= 0.6 is 0 Å². The Labute approximate surface area is 101 Å². The predicted octanol–water partition coefficient (Wildman–Crippen LogP) is 1.90. The molecule has 5 nitrogen and oxygen atoms in total. The molecule has 0 bridgehead atoms. The van der Waals surface area contributed by atoms with E-state index in [2.05, 4.69) is 17.0 Å². The van der Waals surface area contributed by atoms with Crippen LogP contribution in [0.5, 0.6) is 0 Å². The Bertz CT molecular complexity index is 414. The third-order valence-corrected chi connectivity index (χ3v) is 3.45. The van der Waals surface area contributed by atoms with E-state index in [1.54, 1.807) is 11.6 Å². The molecule has 0 radical (unpaired) electrons. The fourth-order valence-corrected chi connectivity index (χ4v) is 2.53. The summed E-state index contributed by atoms with van der Waals surface area (Å²) in [6.45, 7) is 4.36. The van der Waals surface area contributed by atoms with Gasteiger partial charge in [-0.05, 0) is 25.7 Å². The largest absolute Gasteiger partial charge is 0.460 e. The Kier molecular flexibility index (Phi) is 3.45. The van der Waals surface area contributed by atoms with Gasteiger partial charge in [0.1, 0.15) is 5.82 Å². The maximum absolute atomic E-state index is 11.5. The number of aryl methyl sites for hydroxylation is 1. The molecule has 1 heterocycles. The van der Waals surface area contributed by atoms with Crippen LogP contribution in [0.2, 0.25) is 0 Å². The molecule has 0 aliphatic heterocycles. The summed E-state index contributed by atoms with van der Waals surface area (Å²) < 4.78 is 6.63. The van der Waals surface area contributed by atoms with Gasteiger partial charge >= 0.3 is 5.97 Å². The lowest BCUT2D eigenvalue weighted by molar-refractivity contribution is 0.0511. The Balaban J connectivity index is 2.21. The molecule has 0 N–H and O–H groups in total. The Morgan fingerprint density at radius 1 is 1.53 bits per heavy atom. The van der Waals surface area contributed by atoms with E-state index in [9.17, 15) is 4.79 Å². The first-order valence-corrected chi connectivity index (χ1v) is 6.21. The quantitative estimate of drug-likeness (QED) is 0.753. The van der Waals surface area contributed by atoms with Gasteiger partial charge in [0, 0.05) is 13.0 Å². The minimum absolute atomic E-state index is 0.184. The van der Waals surface area contributed by atoms with E-state index >= 15 is 0 Å². The summed E-state index contributed by atoms with van der Waals surface area (Å²) in [5, 5.41) is 4.14. The fourth-order valence-electron chi connectivity index (χ4n) is 2.53. The summed E-state index contributed by atoms with van der Waals surface area (Å²) in [4.78, 5) is 15.9. The number of hydrogen-bond donors (Lipinski definition) is 0. The van der Waals surface area contributed by atoms with Gasteiger partial charge in [-0.25, -0.2) is 9.78 Å². The molecule has 1 fully saturated rings. The monoisotopic (exact) mass is 237 g/mol. The van der Waals surface area contributed by atoms with Crippen molar-refractivity contribution in [2.24, 2.45) is 13.0 Å². The average Bonchev–Trinajstić information content (AvgIpc) is 2.85. The van der Waals surface area contributed by atoms with E-state index in [-0.39, 0.29) is 5.82 Å². The number of nitrogens with zero attached hydrogens (tertiary/aromatic N) is 3. The van der Waals surface area contributed by atoms with Crippen molar-refractivity contribution in [2.45, 2.75) is 39.0 Å². The smallest absolute Gasteiger partial charge is 0.378 e. The van der Waals surface area contributed by atoms with Crippen molar-refractivity contribution in [3.05, 3.63) is 11.6 Å². The van der Waals surface area contributed by atoms with Gasteiger partial charge in [-0.1, -0.05) is 13.3 Å². The standard InChI is InChI=1S/C12H19N3O2/c1-4-17-12(16)10-13-11(15(3)14-10)9-7-5-6-8(9)2/h8-9H,4-7H2,1-3H3. The van der Waals surface area contributed by atoms with Gasteiger partial charge in [-0.2, -0.15) is 0 Å². The van der Waals surface area contributed by atoms with Crippen LogP contribution in [0, 0.1) is 5.92 Å². The molecular formula is C12H19N3O2. The zero-order chi connectivity index (χ0) is 12.4. The average molecular weight is 237 g/mol. The molecule has 2 atom stereocenters. The molecule has 2 rings (SSSR count). The number of hydrogen-bond acceptors (Lipinski definition) is 4. The highest BCUT2D eigenvalue weighted by molar-refractivity contribution is 5.85. The molecule has 0 saturated heterocycles. The number of carbonyl (C=O) groups is 1. The topological polar surface area (TPSA) is 57.0 Å². The third-order valence-electron chi connectivity index (χ3n) is 3.45. The van der Waals surface area contributed by atoms with E-state index in [0.29, 0.717) is 18.4 Å². The van der Waals surface area contributed by atoms with Crippen molar-refractivity contribution in [1.29, 1.82) is 0 Å². The van der Waals surface area contributed by atoms with Crippen LogP contribution < -0.4 is 0 Å². The molecule has 17 heavy (non-hydrogen) atoms. The first kappa shape index (κ1) is 12.1. The predicted molar refractivity (Wildman–Crippen MR) is 62.7 cm³/mol. The van der Waals surface area contributed by atoms with Crippen LogP contribution in [0.1, 0.15) is 55.5 Å². The SMILES string of the molecule is CCOC(=O)c1nc(C2CCCC2C)n(C)n1. The van der Waals surface area contributed by atoms with E-state index in [4.69, 9.17) is 4.74 Å². The van der Waals surface area contributed by atoms with Gasteiger partial charge in [-0.15, -0.1) is 5.10 Å². The zero-order valence-corrected chi connectivity index (χ0v) is 10.6. The second-order valence-electron chi connectivity index (χ2n) is 4.65. The van der Waals surface area contributed by atoms with E-state index in [1.807, 2.05) is 7.05 Å². The molecule has 1 aromatic heterocycles. The summed E-state index contributed by atoms with van der Waals surface area (Å²) in [5.41, 5.74) is 0. The maximum atomic E-state index is 11.5. The second-order valence-corrected chi connectivity index (χ2v) is 4.65. The molecular weight excluding hydrogens is 218 g/mol. The van der Waals surface area contributed by atoms with Gasteiger partial charge in [0.05, 0.1) is 6.61 Å². The van der Waals surface area contributed by atoms with Crippen LogP contribution in [-0.4, -0.2) is 27.3 Å². The molecule has 1 saturated carbocycles. The first-order chi connectivity index (χ1) is 8.13. The minimum atomic E-state index is -0.431. The van der Waals surface area contributed by atoms with E-state index < -0.39 is 5.97 Å². The Hall–Kier alpha value is -1.39. The minimum Gasteiger partial charge on any atom is -0.460 e. The fraction of sp³-hybridized carbons (Fsp3) is 0.750. The molecule has 2 unspecified atom stereocenters. The molecule has 0 aromatic carbocycles. The lowest BCUT2D eigenvalue weighted by Crippen LogP contribution is -2.09. The van der Waals surface area contributed by atoms with Crippen molar-refractivity contribution in [2.75, 3.05) is 6.61 Å². The highest BCUT2D eigenvalue weighted by Crippen LogP contribution is 2.38. The third kappa shape index (κ3) is 2.33. The van der Waals surface area contributed by atoms with Crippen LogP contribution in [0.4, 0.5) is 0 Å². The van der Waals surface area contributed by atoms with Crippen molar-refractivity contribution >= 4 is 5.97 Å². The van der Waals surface area contributed by atoms with Crippen LogP contribution in [-0.2, 0) is 11.8 Å². The van der Waals surface area contributed by atoms with Gasteiger partial charge in [0.25, 0.3) is 5.82 Å². The lowest BCUT2D eigenvalue weighted by atomic mass is 9.97. The molecule has 0 amide bonds. The summed E-state index contributed by atoms with van der Waals surface area (Å²) in [7, 11) is 1.84. The Morgan fingerprint density at radius 3 is 2.88 bits per heavy atom. The van der Waals surface area contributed by atoms with Crippen molar-refractivity contribution < 1.29 is 9.53 Å². The molecule has 1 aromatic rings. The summed E-state index contributed by atoms with van der Waals surface area (Å²) >= 11 is 0. The maximum Gasteiger partial charge on any atom is 0.378 e. The highest BCUT2D eigenvalue weighted by atomic mass is 16.5. The van der Waals surface area contributed by atoms with Gasteiger partial charge < -0.3 is 4.74 Å². The van der Waals surface area contributed by atoms with E-state index in [0.717, 1.165) is 12.2 Å². The van der Waals surface area contributed by atoms with Crippen molar-refractivity contribution in [3.63, 3.8) is 0 Å².